The number of thioether (sulfide) groups is 1. The molecular weight excluding hydrogens is 365 g/mol. The van der Waals surface area contributed by atoms with Gasteiger partial charge in [-0.2, -0.15) is 0 Å². The lowest BCUT2D eigenvalue weighted by molar-refractivity contribution is -0.122. The van der Waals surface area contributed by atoms with E-state index < -0.39 is 0 Å². The molecule has 4 nitrogen and oxygen atoms in total. The van der Waals surface area contributed by atoms with E-state index in [-0.39, 0.29) is 17.0 Å². The molecule has 0 spiro atoms. The Morgan fingerprint density at radius 1 is 1.07 bits per heavy atom. The third-order valence-corrected chi connectivity index (χ3v) is 5.01. The molecule has 1 aliphatic rings. The topological polar surface area (TPSA) is 46.6 Å². The van der Waals surface area contributed by atoms with Crippen LogP contribution in [-0.2, 0) is 11.4 Å². The number of rotatable bonds is 7. The number of halogens is 1. The number of ether oxygens (including phenoxy) is 1. The van der Waals surface area contributed by atoms with E-state index in [9.17, 15) is 14.0 Å². The van der Waals surface area contributed by atoms with Crippen molar-refractivity contribution < 1.29 is 18.7 Å². The summed E-state index contributed by atoms with van der Waals surface area (Å²) in [7, 11) is 0. The number of carbonyl (C=O) groups excluding carboxylic acids is 2. The minimum atomic E-state index is -0.276. The van der Waals surface area contributed by atoms with Crippen LogP contribution in [-0.4, -0.2) is 22.6 Å². The number of amides is 2. The first-order chi connectivity index (χ1) is 13.1. The average molecular weight is 385 g/mol. The molecule has 2 aromatic carbocycles. The zero-order valence-electron chi connectivity index (χ0n) is 15.0. The van der Waals surface area contributed by atoms with Gasteiger partial charge in [-0.05, 0) is 59.7 Å². The van der Waals surface area contributed by atoms with Crippen LogP contribution in [0.5, 0.6) is 5.75 Å². The quantitative estimate of drug-likeness (QED) is 0.612. The van der Waals surface area contributed by atoms with Gasteiger partial charge >= 0.3 is 0 Å². The van der Waals surface area contributed by atoms with Crippen LogP contribution < -0.4 is 4.74 Å². The number of carbonyl (C=O) groups is 2. The maximum Gasteiger partial charge on any atom is 0.293 e. The molecule has 6 heteroatoms. The first-order valence-electron chi connectivity index (χ1n) is 8.79. The molecule has 3 rings (SSSR count). The minimum Gasteiger partial charge on any atom is -0.489 e. The summed E-state index contributed by atoms with van der Waals surface area (Å²) in [6.07, 6.45) is 3.46. The van der Waals surface area contributed by atoms with Crippen molar-refractivity contribution in [2.45, 2.75) is 26.4 Å². The van der Waals surface area contributed by atoms with Gasteiger partial charge in [-0.15, -0.1) is 0 Å². The van der Waals surface area contributed by atoms with Crippen LogP contribution in [0.3, 0.4) is 0 Å². The van der Waals surface area contributed by atoms with Crippen molar-refractivity contribution in [2.24, 2.45) is 0 Å². The molecule has 2 amide bonds. The molecule has 1 saturated heterocycles. The lowest BCUT2D eigenvalue weighted by atomic mass is 10.2. The van der Waals surface area contributed by atoms with Crippen LogP contribution in [0, 0.1) is 5.82 Å². The standard InChI is InChI=1S/C21H20FNO3S/c1-2-3-12-23-20(24)19(27-21(23)25)13-15-6-10-18(11-7-15)26-14-16-4-8-17(22)9-5-16/h4-11,13H,2-3,12,14H2,1H3/b19-13-. The van der Waals surface area contributed by atoms with Crippen molar-refractivity contribution in [3.8, 4) is 5.75 Å². The average Bonchev–Trinajstić information content (AvgIpc) is 2.94. The van der Waals surface area contributed by atoms with Gasteiger partial charge in [0.15, 0.2) is 0 Å². The molecule has 1 heterocycles. The van der Waals surface area contributed by atoms with Gasteiger partial charge in [-0.25, -0.2) is 4.39 Å². The largest absolute Gasteiger partial charge is 0.489 e. The Morgan fingerprint density at radius 2 is 1.78 bits per heavy atom. The molecule has 0 saturated carbocycles. The molecule has 27 heavy (non-hydrogen) atoms. The third kappa shape index (κ3) is 4.98. The number of unbranched alkanes of at least 4 members (excludes halogenated alkanes) is 1. The SMILES string of the molecule is CCCCN1C(=O)S/C(=C\c2ccc(OCc3ccc(F)cc3)cc2)C1=O. The van der Waals surface area contributed by atoms with Crippen LogP contribution in [0.25, 0.3) is 6.08 Å². The Hall–Kier alpha value is -2.60. The fourth-order valence-corrected chi connectivity index (χ4v) is 3.43. The first-order valence-corrected chi connectivity index (χ1v) is 9.61. The third-order valence-electron chi connectivity index (χ3n) is 4.11. The van der Waals surface area contributed by atoms with Crippen molar-refractivity contribution in [1.29, 1.82) is 0 Å². The summed E-state index contributed by atoms with van der Waals surface area (Å²) in [6, 6.07) is 13.4. The number of imide groups is 1. The van der Waals surface area contributed by atoms with Gasteiger partial charge in [0.05, 0.1) is 4.91 Å². The lowest BCUT2D eigenvalue weighted by Gasteiger charge is -2.10. The Labute approximate surface area is 162 Å². The van der Waals surface area contributed by atoms with E-state index in [0.717, 1.165) is 35.7 Å². The molecule has 0 bridgehead atoms. The summed E-state index contributed by atoms with van der Waals surface area (Å²) in [5.41, 5.74) is 1.70. The predicted octanol–water partition coefficient (Wildman–Crippen LogP) is 5.24. The highest BCUT2D eigenvalue weighted by atomic mass is 32.2. The maximum absolute atomic E-state index is 12.9. The second-order valence-corrected chi connectivity index (χ2v) is 7.16. The summed E-state index contributed by atoms with van der Waals surface area (Å²) in [4.78, 5) is 26.1. The zero-order chi connectivity index (χ0) is 19.2. The normalized spacial score (nSPS) is 15.6. The smallest absolute Gasteiger partial charge is 0.293 e. The van der Waals surface area contributed by atoms with E-state index in [1.165, 1.54) is 17.0 Å². The van der Waals surface area contributed by atoms with E-state index >= 15 is 0 Å². The van der Waals surface area contributed by atoms with E-state index in [4.69, 9.17) is 4.74 Å². The summed E-state index contributed by atoms with van der Waals surface area (Å²) < 4.78 is 18.6. The Kier molecular flexibility index (Phi) is 6.29. The van der Waals surface area contributed by atoms with E-state index in [1.54, 1.807) is 30.3 Å². The molecule has 0 aromatic heterocycles. The summed E-state index contributed by atoms with van der Waals surface area (Å²) >= 11 is 0.977. The number of hydrogen-bond acceptors (Lipinski definition) is 4. The van der Waals surface area contributed by atoms with Crippen LogP contribution in [0.15, 0.2) is 53.4 Å². The molecule has 1 aliphatic heterocycles. The molecule has 0 N–H and O–H groups in total. The highest BCUT2D eigenvalue weighted by Crippen LogP contribution is 2.32. The van der Waals surface area contributed by atoms with Gasteiger partial charge in [0.1, 0.15) is 18.2 Å². The van der Waals surface area contributed by atoms with E-state index in [2.05, 4.69) is 0 Å². The van der Waals surface area contributed by atoms with Crippen LogP contribution >= 0.6 is 11.8 Å². The fraction of sp³-hybridized carbons (Fsp3) is 0.238. The highest BCUT2D eigenvalue weighted by Gasteiger charge is 2.34. The van der Waals surface area contributed by atoms with Crippen molar-refractivity contribution in [3.05, 3.63) is 70.4 Å². The van der Waals surface area contributed by atoms with Crippen molar-refractivity contribution in [1.82, 2.24) is 4.90 Å². The Morgan fingerprint density at radius 3 is 2.44 bits per heavy atom. The van der Waals surface area contributed by atoms with Gasteiger partial charge in [-0.1, -0.05) is 37.6 Å². The van der Waals surface area contributed by atoms with Gasteiger partial charge in [0, 0.05) is 6.54 Å². The molecule has 0 radical (unpaired) electrons. The second kappa shape index (κ2) is 8.86. The molecular formula is C21H20FNO3S. The zero-order valence-corrected chi connectivity index (χ0v) is 15.8. The maximum atomic E-state index is 12.9. The Balaban J connectivity index is 1.61. The Bertz CT molecular complexity index is 847. The van der Waals surface area contributed by atoms with Crippen LogP contribution in [0.2, 0.25) is 0 Å². The van der Waals surface area contributed by atoms with E-state index in [1.807, 2.05) is 19.1 Å². The molecule has 0 unspecified atom stereocenters. The van der Waals surface area contributed by atoms with Crippen molar-refractivity contribution in [3.63, 3.8) is 0 Å². The fourth-order valence-electron chi connectivity index (χ4n) is 2.57. The lowest BCUT2D eigenvalue weighted by Crippen LogP contribution is -2.29. The minimum absolute atomic E-state index is 0.209. The highest BCUT2D eigenvalue weighted by molar-refractivity contribution is 8.18. The van der Waals surface area contributed by atoms with Gasteiger partial charge in [0.2, 0.25) is 0 Å². The van der Waals surface area contributed by atoms with Gasteiger partial charge < -0.3 is 4.74 Å². The van der Waals surface area contributed by atoms with E-state index in [0.29, 0.717) is 23.8 Å². The molecule has 1 fully saturated rings. The summed E-state index contributed by atoms with van der Waals surface area (Å²) in [6.45, 7) is 2.83. The van der Waals surface area contributed by atoms with Gasteiger partial charge in [0.25, 0.3) is 11.1 Å². The molecule has 2 aromatic rings. The summed E-state index contributed by atoms with van der Waals surface area (Å²) in [5.74, 6) is 0.171. The molecule has 140 valence electrons. The second-order valence-electron chi connectivity index (χ2n) is 6.17. The number of benzene rings is 2. The van der Waals surface area contributed by atoms with Crippen LogP contribution in [0.1, 0.15) is 30.9 Å². The van der Waals surface area contributed by atoms with Crippen molar-refractivity contribution >= 4 is 29.0 Å². The van der Waals surface area contributed by atoms with Crippen molar-refractivity contribution in [2.75, 3.05) is 6.54 Å². The predicted molar refractivity (Wildman–Crippen MR) is 105 cm³/mol. The number of nitrogens with zero attached hydrogens (tertiary/aromatic N) is 1. The summed E-state index contributed by atoms with van der Waals surface area (Å²) in [5, 5.41) is -0.209. The molecule has 0 aliphatic carbocycles. The number of hydrogen-bond donors (Lipinski definition) is 0. The first kappa shape index (κ1) is 19.2. The van der Waals surface area contributed by atoms with Gasteiger partial charge in [-0.3, -0.25) is 14.5 Å². The van der Waals surface area contributed by atoms with Crippen LogP contribution in [0.4, 0.5) is 9.18 Å². The molecule has 0 atom stereocenters. The monoisotopic (exact) mass is 385 g/mol.